The van der Waals surface area contributed by atoms with Crippen molar-refractivity contribution in [2.24, 2.45) is 0 Å². The molecule has 0 atom stereocenters. The van der Waals surface area contributed by atoms with Crippen molar-refractivity contribution in [3.05, 3.63) is 22.7 Å². The van der Waals surface area contributed by atoms with E-state index in [1.54, 1.807) is 32.9 Å². The second kappa shape index (κ2) is 7.45. The Balaban J connectivity index is 2.55. The highest BCUT2D eigenvalue weighted by Gasteiger charge is 2.17. The van der Waals surface area contributed by atoms with E-state index in [0.29, 0.717) is 11.4 Å². The number of nitrogens with one attached hydrogen (secondary N) is 1. The van der Waals surface area contributed by atoms with Gasteiger partial charge in [-0.25, -0.2) is 0 Å². The summed E-state index contributed by atoms with van der Waals surface area (Å²) >= 11 is 3.33. The quantitative estimate of drug-likeness (QED) is 0.818. The van der Waals surface area contributed by atoms with Crippen LogP contribution in [-0.4, -0.2) is 24.6 Å². The number of ether oxygens (including phenoxy) is 2. The summed E-state index contributed by atoms with van der Waals surface area (Å²) in [6.45, 7) is 5.37. The Morgan fingerprint density at radius 1 is 1.24 bits per heavy atom. The van der Waals surface area contributed by atoms with E-state index in [1.165, 1.54) is 7.11 Å². The lowest BCUT2D eigenvalue weighted by Gasteiger charge is -2.19. The van der Waals surface area contributed by atoms with E-state index in [0.717, 1.165) is 4.47 Å². The van der Waals surface area contributed by atoms with Crippen LogP contribution in [0.2, 0.25) is 0 Å². The zero-order valence-corrected chi connectivity index (χ0v) is 14.2. The highest BCUT2D eigenvalue weighted by Crippen LogP contribution is 2.28. The molecule has 0 spiro atoms. The van der Waals surface area contributed by atoms with Crippen LogP contribution >= 0.6 is 15.9 Å². The number of anilines is 1. The van der Waals surface area contributed by atoms with Crippen LogP contribution in [0.15, 0.2) is 22.7 Å². The maximum atomic E-state index is 11.9. The molecule has 6 heteroatoms. The van der Waals surface area contributed by atoms with Crippen LogP contribution in [0.4, 0.5) is 5.69 Å². The normalized spacial score (nSPS) is 10.9. The average molecular weight is 358 g/mol. The minimum Gasteiger partial charge on any atom is -0.495 e. The van der Waals surface area contributed by atoms with Crippen molar-refractivity contribution < 1.29 is 19.1 Å². The molecule has 0 radical (unpaired) electrons. The summed E-state index contributed by atoms with van der Waals surface area (Å²) in [7, 11) is 1.53. The van der Waals surface area contributed by atoms with Crippen LogP contribution in [0.5, 0.6) is 5.75 Å². The average Bonchev–Trinajstić information content (AvgIpc) is 2.35. The van der Waals surface area contributed by atoms with Gasteiger partial charge in [-0.1, -0.05) is 15.9 Å². The molecule has 0 heterocycles. The molecule has 0 aromatic heterocycles. The fourth-order valence-corrected chi connectivity index (χ4v) is 1.96. The van der Waals surface area contributed by atoms with Crippen LogP contribution in [0, 0.1) is 0 Å². The molecule has 1 N–H and O–H groups in total. The van der Waals surface area contributed by atoms with Gasteiger partial charge in [0.1, 0.15) is 11.4 Å². The van der Waals surface area contributed by atoms with Gasteiger partial charge in [-0.3, -0.25) is 9.59 Å². The third kappa shape index (κ3) is 6.62. The summed E-state index contributed by atoms with van der Waals surface area (Å²) in [4.78, 5) is 23.4. The summed E-state index contributed by atoms with van der Waals surface area (Å²) in [5.74, 6) is -0.0973. The van der Waals surface area contributed by atoms with Gasteiger partial charge in [-0.15, -0.1) is 0 Å². The molecule has 0 fully saturated rings. The molecule has 0 saturated carbocycles. The van der Waals surface area contributed by atoms with E-state index in [9.17, 15) is 9.59 Å². The summed E-state index contributed by atoms with van der Waals surface area (Å²) in [5, 5.41) is 2.72. The number of halogens is 1. The molecule has 0 bridgehead atoms. The highest BCUT2D eigenvalue weighted by atomic mass is 79.9. The van der Waals surface area contributed by atoms with Gasteiger partial charge in [0, 0.05) is 10.9 Å². The Kier molecular flexibility index (Phi) is 6.20. The third-order valence-corrected chi connectivity index (χ3v) is 2.91. The molecule has 0 unspecified atom stereocenters. The van der Waals surface area contributed by atoms with Gasteiger partial charge in [0.05, 0.1) is 19.2 Å². The van der Waals surface area contributed by atoms with Gasteiger partial charge in [0.25, 0.3) is 0 Å². The van der Waals surface area contributed by atoms with Crippen molar-refractivity contribution in [3.63, 3.8) is 0 Å². The summed E-state index contributed by atoms with van der Waals surface area (Å²) < 4.78 is 11.1. The monoisotopic (exact) mass is 357 g/mol. The van der Waals surface area contributed by atoms with E-state index in [-0.39, 0.29) is 24.7 Å². The number of amides is 1. The topological polar surface area (TPSA) is 64.6 Å². The predicted molar refractivity (Wildman–Crippen MR) is 84.4 cm³/mol. The van der Waals surface area contributed by atoms with Crippen LogP contribution in [0.25, 0.3) is 0 Å². The Morgan fingerprint density at radius 2 is 1.90 bits per heavy atom. The number of hydrogen-bond donors (Lipinski definition) is 1. The largest absolute Gasteiger partial charge is 0.495 e. The number of benzene rings is 1. The first kappa shape index (κ1) is 17.5. The fourth-order valence-electron chi connectivity index (χ4n) is 1.60. The second-order valence-corrected chi connectivity index (χ2v) is 6.39. The molecule has 0 aliphatic heterocycles. The van der Waals surface area contributed by atoms with Crippen molar-refractivity contribution in [3.8, 4) is 5.75 Å². The van der Waals surface area contributed by atoms with Crippen molar-refractivity contribution in [1.29, 1.82) is 0 Å². The third-order valence-electron chi connectivity index (χ3n) is 2.41. The minimum absolute atomic E-state index is 0.0411. The summed E-state index contributed by atoms with van der Waals surface area (Å²) in [6.07, 6.45) is 0.101. The van der Waals surface area contributed by atoms with E-state index in [1.807, 2.05) is 6.07 Å². The maximum absolute atomic E-state index is 11.9. The van der Waals surface area contributed by atoms with Crippen LogP contribution < -0.4 is 10.1 Å². The van der Waals surface area contributed by atoms with Gasteiger partial charge in [-0.05, 0) is 39.0 Å². The molecule has 1 rings (SSSR count). The smallest absolute Gasteiger partial charge is 0.306 e. The van der Waals surface area contributed by atoms with E-state index in [4.69, 9.17) is 9.47 Å². The van der Waals surface area contributed by atoms with Gasteiger partial charge in [0.2, 0.25) is 5.91 Å². The molecule has 116 valence electrons. The van der Waals surface area contributed by atoms with Gasteiger partial charge in [0.15, 0.2) is 0 Å². The molecule has 0 aliphatic rings. The van der Waals surface area contributed by atoms with Crippen molar-refractivity contribution >= 4 is 33.5 Å². The molecule has 21 heavy (non-hydrogen) atoms. The Bertz CT molecular complexity index is 523. The first-order valence-electron chi connectivity index (χ1n) is 6.56. The summed E-state index contributed by atoms with van der Waals surface area (Å²) in [5.41, 5.74) is 0.0159. The molecular weight excluding hydrogens is 338 g/mol. The van der Waals surface area contributed by atoms with Gasteiger partial charge in [-0.2, -0.15) is 0 Å². The number of carbonyl (C=O) groups is 2. The number of rotatable bonds is 5. The van der Waals surface area contributed by atoms with Crippen LogP contribution in [-0.2, 0) is 14.3 Å². The SMILES string of the molecule is COc1ccc(Br)cc1NC(=O)CCC(=O)OC(C)(C)C. The zero-order chi connectivity index (χ0) is 16.0. The predicted octanol–water partition coefficient (Wildman–Crippen LogP) is 3.52. The number of carbonyl (C=O) groups excluding carboxylic acids is 2. The first-order valence-corrected chi connectivity index (χ1v) is 7.36. The minimum atomic E-state index is -0.541. The molecule has 5 nitrogen and oxygen atoms in total. The Hall–Kier alpha value is -1.56. The number of methoxy groups -OCH3 is 1. The zero-order valence-electron chi connectivity index (χ0n) is 12.7. The van der Waals surface area contributed by atoms with E-state index >= 15 is 0 Å². The lowest BCUT2D eigenvalue weighted by Crippen LogP contribution is -2.24. The number of hydrogen-bond acceptors (Lipinski definition) is 4. The second-order valence-electron chi connectivity index (χ2n) is 5.48. The van der Waals surface area contributed by atoms with Crippen LogP contribution in [0.1, 0.15) is 33.6 Å². The molecule has 1 aromatic carbocycles. The lowest BCUT2D eigenvalue weighted by atomic mass is 10.2. The molecular formula is C15H20BrNO4. The molecule has 0 aliphatic carbocycles. The number of esters is 1. The molecule has 1 aromatic rings. The van der Waals surface area contributed by atoms with Crippen molar-refractivity contribution in [2.75, 3.05) is 12.4 Å². The summed E-state index contributed by atoms with van der Waals surface area (Å²) in [6, 6.07) is 5.30. The maximum Gasteiger partial charge on any atom is 0.306 e. The van der Waals surface area contributed by atoms with E-state index in [2.05, 4.69) is 21.2 Å². The first-order chi connectivity index (χ1) is 9.71. The highest BCUT2D eigenvalue weighted by molar-refractivity contribution is 9.10. The molecule has 0 saturated heterocycles. The van der Waals surface area contributed by atoms with Gasteiger partial charge < -0.3 is 14.8 Å². The Labute approximate surface area is 133 Å². The molecule has 1 amide bonds. The van der Waals surface area contributed by atoms with E-state index < -0.39 is 5.60 Å². The van der Waals surface area contributed by atoms with Gasteiger partial charge >= 0.3 is 5.97 Å². The fraction of sp³-hybridized carbons (Fsp3) is 0.467. The van der Waals surface area contributed by atoms with Crippen molar-refractivity contribution in [2.45, 2.75) is 39.2 Å². The Morgan fingerprint density at radius 3 is 2.48 bits per heavy atom. The van der Waals surface area contributed by atoms with Crippen molar-refractivity contribution in [1.82, 2.24) is 0 Å². The standard InChI is InChI=1S/C15H20BrNO4/c1-15(2,3)21-14(19)8-7-13(18)17-11-9-10(16)5-6-12(11)20-4/h5-6,9H,7-8H2,1-4H3,(H,17,18). The van der Waals surface area contributed by atoms with Crippen LogP contribution in [0.3, 0.4) is 0 Å². The lowest BCUT2D eigenvalue weighted by molar-refractivity contribution is -0.155.